The molecule has 0 saturated carbocycles. The number of fused-ring (bicyclic) bond motifs is 1. The van der Waals surface area contributed by atoms with Crippen LogP contribution in [0.25, 0.3) is 5.65 Å². The molecule has 148 valence electrons. The molecule has 0 saturated heterocycles. The van der Waals surface area contributed by atoms with E-state index in [1.54, 1.807) is 24.3 Å². The normalized spacial score (nSPS) is 11.9. The molecule has 9 heteroatoms. The molecule has 0 aliphatic rings. The van der Waals surface area contributed by atoms with E-state index in [9.17, 15) is 18.0 Å². The zero-order valence-electron chi connectivity index (χ0n) is 15.3. The number of carbonyl (C=O) groups excluding carboxylic acids is 1. The number of ether oxygens (including phenoxy) is 1. The summed E-state index contributed by atoms with van der Waals surface area (Å²) in [5.41, 5.74) is -0.291. The highest BCUT2D eigenvalue weighted by Gasteiger charge is 2.33. The first kappa shape index (κ1) is 20.0. The van der Waals surface area contributed by atoms with Crippen molar-refractivity contribution in [3.05, 3.63) is 58.5 Å². The van der Waals surface area contributed by atoms with Crippen LogP contribution in [0.5, 0.6) is 5.75 Å². The van der Waals surface area contributed by atoms with E-state index in [1.807, 2.05) is 13.8 Å². The first-order valence-corrected chi connectivity index (χ1v) is 8.78. The van der Waals surface area contributed by atoms with Gasteiger partial charge in [0.25, 0.3) is 5.91 Å². The number of para-hydroxylation sites is 2. The summed E-state index contributed by atoms with van der Waals surface area (Å²) in [6.07, 6.45) is -3.92. The number of anilines is 1. The van der Waals surface area contributed by atoms with Gasteiger partial charge in [0.15, 0.2) is 5.65 Å². The lowest BCUT2D eigenvalue weighted by atomic mass is 10.2. The van der Waals surface area contributed by atoms with Crippen LogP contribution in [0.4, 0.5) is 18.9 Å². The minimum absolute atomic E-state index is 0.0395. The highest BCUT2D eigenvalue weighted by Crippen LogP contribution is 2.33. The quantitative estimate of drug-likeness (QED) is 0.629. The summed E-state index contributed by atoms with van der Waals surface area (Å²) in [5.74, 6) is -0.175. The van der Waals surface area contributed by atoms with E-state index >= 15 is 0 Å². The summed E-state index contributed by atoms with van der Waals surface area (Å²) in [6, 6.07) is 7.58. The fourth-order valence-corrected chi connectivity index (χ4v) is 3.01. The average molecular weight is 412 g/mol. The highest BCUT2D eigenvalue weighted by molar-refractivity contribution is 6.33. The van der Waals surface area contributed by atoms with Gasteiger partial charge in [-0.3, -0.25) is 9.20 Å². The lowest BCUT2D eigenvalue weighted by Crippen LogP contribution is -2.18. The van der Waals surface area contributed by atoms with Crippen molar-refractivity contribution in [3.8, 4) is 5.75 Å². The van der Waals surface area contributed by atoms with Crippen LogP contribution in [0.15, 0.2) is 36.5 Å². The highest BCUT2D eigenvalue weighted by atomic mass is 35.5. The Balaban J connectivity index is 2.05. The van der Waals surface area contributed by atoms with Gasteiger partial charge in [0, 0.05) is 6.20 Å². The second kappa shape index (κ2) is 7.35. The van der Waals surface area contributed by atoms with E-state index in [2.05, 4.69) is 10.3 Å². The van der Waals surface area contributed by atoms with Crippen molar-refractivity contribution in [1.29, 1.82) is 0 Å². The number of rotatable bonds is 4. The fraction of sp³-hybridized carbons (Fsp3) is 0.263. The smallest absolute Gasteiger partial charge is 0.417 e. The zero-order chi connectivity index (χ0) is 20.6. The summed E-state index contributed by atoms with van der Waals surface area (Å²) < 4.78 is 46.2. The van der Waals surface area contributed by atoms with Gasteiger partial charge in [-0.15, -0.1) is 0 Å². The number of aryl methyl sites for hydroxylation is 1. The van der Waals surface area contributed by atoms with Crippen LogP contribution in [0.2, 0.25) is 5.02 Å². The summed E-state index contributed by atoms with van der Waals surface area (Å²) >= 11 is 5.97. The fourth-order valence-electron chi connectivity index (χ4n) is 2.75. The Kier molecular flexibility index (Phi) is 5.25. The van der Waals surface area contributed by atoms with Crippen LogP contribution < -0.4 is 10.1 Å². The molecule has 5 nitrogen and oxygen atoms in total. The first-order valence-electron chi connectivity index (χ1n) is 8.40. The average Bonchev–Trinajstić information content (AvgIpc) is 2.92. The third kappa shape index (κ3) is 3.91. The monoisotopic (exact) mass is 411 g/mol. The molecule has 3 rings (SSSR count). The van der Waals surface area contributed by atoms with Gasteiger partial charge in [0.05, 0.1) is 28.1 Å². The molecule has 0 atom stereocenters. The van der Waals surface area contributed by atoms with Gasteiger partial charge in [0.2, 0.25) is 0 Å². The van der Waals surface area contributed by atoms with Gasteiger partial charge < -0.3 is 10.1 Å². The van der Waals surface area contributed by atoms with Gasteiger partial charge in [-0.1, -0.05) is 23.7 Å². The van der Waals surface area contributed by atoms with Crippen LogP contribution in [0.1, 0.15) is 35.6 Å². The van der Waals surface area contributed by atoms with Crippen molar-refractivity contribution in [2.75, 3.05) is 5.32 Å². The second-order valence-corrected chi connectivity index (χ2v) is 6.84. The minimum atomic E-state index is -4.61. The molecule has 0 fully saturated rings. The third-order valence-corrected chi connectivity index (χ3v) is 4.17. The van der Waals surface area contributed by atoms with Crippen LogP contribution in [0, 0.1) is 6.92 Å². The Labute approximate surface area is 164 Å². The Hall–Kier alpha value is -2.74. The molecule has 1 N–H and O–H groups in total. The standard InChI is InChI=1S/C19H17ClF3N3O2/c1-10(2)28-15-7-5-4-6-14(15)25-18(27)16-11(3)24-17-13(20)8-12(9-26(16)17)19(21,22)23/h4-10H,1-3H3,(H,25,27). The van der Waals surface area contributed by atoms with Crippen molar-refractivity contribution in [2.24, 2.45) is 0 Å². The van der Waals surface area contributed by atoms with Crippen LogP contribution in [0.3, 0.4) is 0 Å². The van der Waals surface area contributed by atoms with Crippen molar-refractivity contribution in [2.45, 2.75) is 33.1 Å². The topological polar surface area (TPSA) is 55.6 Å². The first-order chi connectivity index (χ1) is 13.1. The predicted molar refractivity (Wildman–Crippen MR) is 100 cm³/mol. The number of hydrogen-bond acceptors (Lipinski definition) is 3. The van der Waals surface area contributed by atoms with Crippen molar-refractivity contribution < 1.29 is 22.7 Å². The summed E-state index contributed by atoms with van der Waals surface area (Å²) in [5, 5.41) is 2.49. The Bertz CT molecular complexity index is 1040. The molecule has 0 unspecified atom stereocenters. The molecule has 2 heterocycles. The number of aromatic nitrogens is 2. The van der Waals surface area contributed by atoms with Crippen LogP contribution in [-0.4, -0.2) is 21.4 Å². The molecular formula is C19H17ClF3N3O2. The van der Waals surface area contributed by atoms with E-state index in [-0.39, 0.29) is 28.2 Å². The molecule has 28 heavy (non-hydrogen) atoms. The Morgan fingerprint density at radius 1 is 1.29 bits per heavy atom. The molecule has 3 aromatic rings. The van der Waals surface area contributed by atoms with Gasteiger partial charge >= 0.3 is 6.18 Å². The number of nitrogens with one attached hydrogen (secondary N) is 1. The number of nitrogens with zero attached hydrogens (tertiary/aromatic N) is 2. The van der Waals surface area contributed by atoms with E-state index in [0.29, 0.717) is 11.4 Å². The molecule has 0 aliphatic carbocycles. The lowest BCUT2D eigenvalue weighted by molar-refractivity contribution is -0.137. The molecule has 0 aliphatic heterocycles. The van der Waals surface area contributed by atoms with E-state index in [1.165, 1.54) is 6.92 Å². The maximum Gasteiger partial charge on any atom is 0.417 e. The second-order valence-electron chi connectivity index (χ2n) is 6.43. The molecule has 0 radical (unpaired) electrons. The molecule has 2 aromatic heterocycles. The number of imidazole rings is 1. The Morgan fingerprint density at radius 2 is 1.96 bits per heavy atom. The number of benzene rings is 1. The minimum Gasteiger partial charge on any atom is -0.489 e. The zero-order valence-corrected chi connectivity index (χ0v) is 16.0. The van der Waals surface area contributed by atoms with Gasteiger partial charge in [-0.2, -0.15) is 13.2 Å². The molecule has 1 amide bonds. The number of hydrogen-bond donors (Lipinski definition) is 1. The van der Waals surface area contributed by atoms with Gasteiger partial charge in [-0.25, -0.2) is 4.98 Å². The number of carbonyl (C=O) groups is 1. The maximum absolute atomic E-state index is 13.1. The maximum atomic E-state index is 13.1. The largest absolute Gasteiger partial charge is 0.489 e. The van der Waals surface area contributed by atoms with Crippen molar-refractivity contribution >= 4 is 28.8 Å². The molecule has 0 bridgehead atoms. The number of amides is 1. The number of pyridine rings is 1. The molecule has 1 aromatic carbocycles. The van der Waals surface area contributed by atoms with Gasteiger partial charge in [-0.05, 0) is 39.0 Å². The predicted octanol–water partition coefficient (Wildman–Crippen LogP) is 5.35. The van der Waals surface area contributed by atoms with Crippen molar-refractivity contribution in [1.82, 2.24) is 9.38 Å². The third-order valence-electron chi connectivity index (χ3n) is 3.89. The molecular weight excluding hydrogens is 395 g/mol. The van der Waals surface area contributed by atoms with E-state index in [0.717, 1.165) is 16.7 Å². The SMILES string of the molecule is Cc1nc2c(Cl)cc(C(F)(F)F)cn2c1C(=O)Nc1ccccc1OC(C)C. The lowest BCUT2D eigenvalue weighted by Gasteiger charge is -2.15. The van der Waals surface area contributed by atoms with Crippen molar-refractivity contribution in [3.63, 3.8) is 0 Å². The van der Waals surface area contributed by atoms with Gasteiger partial charge in [0.1, 0.15) is 11.4 Å². The molecule has 0 spiro atoms. The van der Waals surface area contributed by atoms with E-state index < -0.39 is 17.6 Å². The number of alkyl halides is 3. The number of halogens is 4. The summed E-state index contributed by atoms with van der Waals surface area (Å²) in [7, 11) is 0. The van der Waals surface area contributed by atoms with Crippen LogP contribution >= 0.6 is 11.6 Å². The summed E-state index contributed by atoms with van der Waals surface area (Å²) in [4.78, 5) is 17.0. The Morgan fingerprint density at radius 3 is 2.61 bits per heavy atom. The summed E-state index contributed by atoms with van der Waals surface area (Å²) in [6.45, 7) is 5.21. The van der Waals surface area contributed by atoms with Crippen LogP contribution in [-0.2, 0) is 6.18 Å². The van der Waals surface area contributed by atoms with E-state index in [4.69, 9.17) is 16.3 Å².